The van der Waals surface area contributed by atoms with Crippen LogP contribution >= 0.6 is 15.9 Å². The predicted octanol–water partition coefficient (Wildman–Crippen LogP) is 3.54. The molecule has 0 aliphatic rings. The summed E-state index contributed by atoms with van der Waals surface area (Å²) in [5.41, 5.74) is 0.766. The maximum absolute atomic E-state index is 12.3. The van der Waals surface area contributed by atoms with Crippen molar-refractivity contribution in [3.63, 3.8) is 0 Å². The average molecular weight is 463 g/mol. The molecule has 0 spiro atoms. The molecule has 1 atom stereocenters. The second kappa shape index (κ2) is 11.2. The van der Waals surface area contributed by atoms with Crippen LogP contribution in [0, 0.1) is 0 Å². The number of esters is 1. The third kappa shape index (κ3) is 7.57. The van der Waals surface area contributed by atoms with Crippen molar-refractivity contribution in [1.82, 2.24) is 5.32 Å². The number of hydrogen-bond acceptors (Lipinski definition) is 5. The monoisotopic (exact) mass is 462 g/mol. The van der Waals surface area contributed by atoms with E-state index in [2.05, 4.69) is 26.6 Å². The van der Waals surface area contributed by atoms with Gasteiger partial charge in [-0.15, -0.1) is 0 Å². The first-order valence-corrected chi connectivity index (χ1v) is 9.92. The Bertz CT molecular complexity index is 854. The van der Waals surface area contributed by atoms with Gasteiger partial charge in [0.25, 0.3) is 11.8 Å². The van der Waals surface area contributed by atoms with Gasteiger partial charge in [-0.25, -0.2) is 4.79 Å². The lowest BCUT2D eigenvalue weighted by atomic mass is 10.2. The summed E-state index contributed by atoms with van der Waals surface area (Å²) in [5, 5.41) is 5.41. The fourth-order valence-corrected chi connectivity index (χ4v) is 2.53. The van der Waals surface area contributed by atoms with E-state index >= 15 is 0 Å². The lowest BCUT2D eigenvalue weighted by molar-refractivity contribution is -0.124. The highest BCUT2D eigenvalue weighted by molar-refractivity contribution is 9.10. The van der Waals surface area contributed by atoms with Crippen LogP contribution in [-0.2, 0) is 14.3 Å². The van der Waals surface area contributed by atoms with E-state index in [-0.39, 0.29) is 42.4 Å². The van der Waals surface area contributed by atoms with Gasteiger partial charge in [0.1, 0.15) is 11.3 Å². The topological polar surface area (TPSA) is 93.7 Å². The zero-order valence-corrected chi connectivity index (χ0v) is 17.8. The third-order valence-corrected chi connectivity index (χ3v) is 4.48. The molecule has 154 valence electrons. The first-order valence-electron chi connectivity index (χ1n) is 9.12. The highest BCUT2D eigenvalue weighted by atomic mass is 79.9. The van der Waals surface area contributed by atoms with Gasteiger partial charge in [0.2, 0.25) is 0 Å². The van der Waals surface area contributed by atoms with E-state index in [0.717, 1.165) is 10.9 Å². The number of nitrogens with one attached hydrogen (secondary N) is 2. The predicted molar refractivity (Wildman–Crippen MR) is 113 cm³/mol. The minimum absolute atomic E-state index is 0.000982. The van der Waals surface area contributed by atoms with Crippen LogP contribution in [0.2, 0.25) is 0 Å². The van der Waals surface area contributed by atoms with Gasteiger partial charge in [-0.05, 0) is 49.7 Å². The van der Waals surface area contributed by atoms with Crippen LogP contribution in [0.1, 0.15) is 30.6 Å². The molecule has 0 unspecified atom stereocenters. The number of hydrogen-bond donors (Lipinski definition) is 2. The Balaban J connectivity index is 1.90. The van der Waals surface area contributed by atoms with E-state index in [1.54, 1.807) is 42.5 Å². The van der Waals surface area contributed by atoms with Gasteiger partial charge < -0.3 is 20.1 Å². The summed E-state index contributed by atoms with van der Waals surface area (Å²) < 4.78 is 11.4. The lowest BCUT2D eigenvalue weighted by Crippen LogP contribution is -2.35. The summed E-state index contributed by atoms with van der Waals surface area (Å²) in [5.74, 6) is -1.25. The minimum atomic E-state index is -0.701. The van der Waals surface area contributed by atoms with Crippen LogP contribution in [0.4, 0.5) is 5.69 Å². The average Bonchev–Trinajstić information content (AvgIpc) is 2.72. The zero-order chi connectivity index (χ0) is 21.2. The Morgan fingerprint density at radius 2 is 1.69 bits per heavy atom. The molecule has 2 aromatic rings. The SMILES string of the molecule is CC[C@H](C)NC(=O)COC(=O)c1ccccc1OCC(=O)Nc1ccc(Br)cc1. The van der Waals surface area contributed by atoms with Crippen molar-refractivity contribution >= 4 is 39.4 Å². The van der Waals surface area contributed by atoms with Crippen molar-refractivity contribution in [1.29, 1.82) is 0 Å². The fourth-order valence-electron chi connectivity index (χ4n) is 2.26. The molecule has 2 rings (SSSR count). The minimum Gasteiger partial charge on any atom is -0.483 e. The highest BCUT2D eigenvalue weighted by Crippen LogP contribution is 2.19. The van der Waals surface area contributed by atoms with Gasteiger partial charge >= 0.3 is 5.97 Å². The van der Waals surface area contributed by atoms with Crippen molar-refractivity contribution in [3.05, 3.63) is 58.6 Å². The Hall–Kier alpha value is -2.87. The quantitative estimate of drug-likeness (QED) is 0.555. The molecule has 29 heavy (non-hydrogen) atoms. The molecule has 2 amide bonds. The molecule has 0 radical (unpaired) electrons. The van der Waals surface area contributed by atoms with Crippen LogP contribution in [0.25, 0.3) is 0 Å². The number of ether oxygens (including phenoxy) is 2. The van der Waals surface area contributed by atoms with Crippen LogP contribution < -0.4 is 15.4 Å². The molecular weight excluding hydrogens is 440 g/mol. The number of para-hydroxylation sites is 1. The molecule has 0 bridgehead atoms. The van der Waals surface area contributed by atoms with Gasteiger partial charge in [-0.3, -0.25) is 9.59 Å². The van der Waals surface area contributed by atoms with Gasteiger partial charge in [0.15, 0.2) is 13.2 Å². The molecule has 0 fully saturated rings. The first kappa shape index (κ1) is 22.4. The molecule has 0 saturated heterocycles. The van der Waals surface area contributed by atoms with E-state index in [0.29, 0.717) is 5.69 Å². The number of carbonyl (C=O) groups is 3. The van der Waals surface area contributed by atoms with Crippen LogP contribution in [0.15, 0.2) is 53.0 Å². The van der Waals surface area contributed by atoms with Gasteiger partial charge in [-0.2, -0.15) is 0 Å². The molecule has 0 saturated carbocycles. The van der Waals surface area contributed by atoms with Crippen molar-refractivity contribution in [2.45, 2.75) is 26.3 Å². The van der Waals surface area contributed by atoms with Gasteiger partial charge in [0, 0.05) is 16.2 Å². The van der Waals surface area contributed by atoms with E-state index in [1.165, 1.54) is 6.07 Å². The Morgan fingerprint density at radius 1 is 1.00 bits per heavy atom. The molecule has 0 aromatic heterocycles. The van der Waals surface area contributed by atoms with Crippen molar-refractivity contribution in [3.8, 4) is 5.75 Å². The molecule has 8 heteroatoms. The van der Waals surface area contributed by atoms with E-state index in [1.807, 2.05) is 13.8 Å². The standard InChI is InChI=1S/C21H23BrN2O5/c1-3-14(2)23-19(25)13-29-21(27)17-6-4-5-7-18(17)28-12-20(26)24-16-10-8-15(22)9-11-16/h4-11,14H,3,12-13H2,1-2H3,(H,23,25)(H,24,26)/t14-/m0/s1. The largest absolute Gasteiger partial charge is 0.483 e. The summed E-state index contributed by atoms with van der Waals surface area (Å²) in [7, 11) is 0. The maximum Gasteiger partial charge on any atom is 0.342 e. The molecule has 0 heterocycles. The van der Waals surface area contributed by atoms with Crippen LogP contribution in [-0.4, -0.2) is 37.0 Å². The van der Waals surface area contributed by atoms with E-state index in [9.17, 15) is 14.4 Å². The Morgan fingerprint density at radius 3 is 2.38 bits per heavy atom. The van der Waals surface area contributed by atoms with Crippen molar-refractivity contribution < 1.29 is 23.9 Å². The summed E-state index contributed by atoms with van der Waals surface area (Å²) in [6.45, 7) is 3.13. The second-order valence-corrected chi connectivity index (χ2v) is 7.21. The van der Waals surface area contributed by atoms with Crippen LogP contribution in [0.5, 0.6) is 5.75 Å². The second-order valence-electron chi connectivity index (χ2n) is 6.29. The molecule has 0 aliphatic carbocycles. The summed E-state index contributed by atoms with van der Waals surface area (Å²) >= 11 is 3.32. The Labute approximate surface area is 177 Å². The molecule has 7 nitrogen and oxygen atoms in total. The number of anilines is 1. The molecule has 0 aliphatic heterocycles. The normalized spacial score (nSPS) is 11.3. The number of carbonyl (C=O) groups excluding carboxylic acids is 3. The number of rotatable bonds is 9. The van der Waals surface area contributed by atoms with Crippen LogP contribution in [0.3, 0.4) is 0 Å². The molecule has 2 aromatic carbocycles. The summed E-state index contributed by atoms with van der Waals surface area (Å²) in [6, 6.07) is 13.5. The van der Waals surface area contributed by atoms with Crippen molar-refractivity contribution in [2.24, 2.45) is 0 Å². The summed E-state index contributed by atoms with van der Waals surface area (Å²) in [4.78, 5) is 36.2. The first-order chi connectivity index (χ1) is 13.9. The highest BCUT2D eigenvalue weighted by Gasteiger charge is 2.16. The maximum atomic E-state index is 12.3. The number of halogens is 1. The fraction of sp³-hybridized carbons (Fsp3) is 0.286. The third-order valence-electron chi connectivity index (χ3n) is 3.95. The summed E-state index contributed by atoms with van der Waals surface area (Å²) in [6.07, 6.45) is 0.776. The molecular formula is C21H23BrN2O5. The Kier molecular flexibility index (Phi) is 8.67. The van der Waals surface area contributed by atoms with E-state index < -0.39 is 5.97 Å². The van der Waals surface area contributed by atoms with Gasteiger partial charge in [0.05, 0.1) is 0 Å². The number of benzene rings is 2. The zero-order valence-electron chi connectivity index (χ0n) is 16.2. The lowest BCUT2D eigenvalue weighted by Gasteiger charge is -2.13. The number of amides is 2. The smallest absolute Gasteiger partial charge is 0.342 e. The van der Waals surface area contributed by atoms with Crippen molar-refractivity contribution in [2.75, 3.05) is 18.5 Å². The molecule has 2 N–H and O–H groups in total. The van der Waals surface area contributed by atoms with E-state index in [4.69, 9.17) is 9.47 Å². The van der Waals surface area contributed by atoms with Gasteiger partial charge in [-0.1, -0.05) is 35.0 Å².